The van der Waals surface area contributed by atoms with Crippen LogP contribution < -0.4 is 65.1 Å². The Morgan fingerprint density at radius 1 is 0.631 bits per heavy atom. The summed E-state index contributed by atoms with van der Waals surface area (Å²) < 4.78 is 5.31. The van der Waals surface area contributed by atoms with Crippen molar-refractivity contribution in [2.45, 2.75) is 216 Å². The number of ketones is 1. The van der Waals surface area contributed by atoms with Crippen molar-refractivity contribution < 1.29 is 87.8 Å². The number of alkyl halides is 1. The van der Waals surface area contributed by atoms with Crippen LogP contribution in [0.5, 0.6) is 0 Å². The first-order valence-electron chi connectivity index (χ1n) is 28.5. The first-order chi connectivity index (χ1) is 39.8. The third kappa shape index (κ3) is 28.0. The minimum absolute atomic E-state index is 0.126. The lowest BCUT2D eigenvalue weighted by atomic mass is 10.0. The molecule has 31 heteroatoms. The first kappa shape index (κ1) is 75.6. The molecule has 1 unspecified atom stereocenters. The smallest absolute Gasteiger partial charge is 0.335 e. The van der Waals surface area contributed by atoms with Crippen molar-refractivity contribution in [1.82, 2.24) is 47.9 Å². The molecule has 1 fully saturated rings. The highest BCUT2D eigenvalue weighted by Gasteiger charge is 2.41. The fourth-order valence-corrected chi connectivity index (χ4v) is 8.60. The number of aliphatic carboxylic acids is 1. The number of Topliss-reactive ketones (excluding diaryl/α,β-unsaturated/α-hetero) is 1. The van der Waals surface area contributed by atoms with E-state index in [1.54, 1.807) is 0 Å². The third-order valence-corrected chi connectivity index (χ3v) is 13.7. The van der Waals surface area contributed by atoms with Gasteiger partial charge in [0.25, 0.3) is 5.91 Å². The molecule has 0 bridgehead atoms. The normalized spacial score (nSPS) is 24.4. The number of hydrogen-bond donors (Lipinski definition) is 17. The number of halogens is 1. The van der Waals surface area contributed by atoms with E-state index in [0.29, 0.717) is 12.8 Å². The number of carbonyl (C=O) groups excluding carboxylic acids is 11. The number of aliphatic hydroxyl groups is 4. The van der Waals surface area contributed by atoms with Crippen molar-refractivity contribution in [2.75, 3.05) is 32.1 Å². The van der Waals surface area contributed by atoms with Gasteiger partial charge in [-0.25, -0.2) is 9.59 Å². The standard InChI is InChI=1S/C53H91ClN12O18/c1-5-8-9-10-11-12-13-14-15-18-31(69)26-39(71)58-37-28-84-53(83)41(38(70)27-54)65-51(80)42(43(72)52(81)82)66-44(73)32(7-3)59-50(79)40(29(4)67)64-47(76)35(21-24-57)61-45(74)33(19-16-17-22-55)60-48(77)36(25-30(68)6-2)63-46(75)34(20-23-56)62-49(37)78/h7,29,31,33-38,40-43,67,69-70,72H,5-6,8-28,55-57H2,1-4H3,(H,58,71)(H,59,79)(H,60,77)(H,61,74)(H,62,78)(H,63,75)(H,64,76)(H,65,80)(H,66,73)(H,81,82)/b32-7+/t29-,31-,33-,34+,35-,36-,37-,38+,40-,41-,42-,43?/m0/s1. The maximum atomic E-state index is 14.2. The first-order valence-corrected chi connectivity index (χ1v) is 29.1. The third-order valence-electron chi connectivity index (χ3n) is 13.4. The monoisotopic (exact) mass is 1220 g/mol. The van der Waals surface area contributed by atoms with Gasteiger partial charge in [-0.1, -0.05) is 77.7 Å². The van der Waals surface area contributed by atoms with E-state index in [2.05, 4.69) is 44.1 Å². The van der Waals surface area contributed by atoms with Crippen LogP contribution in [0.25, 0.3) is 0 Å². The van der Waals surface area contributed by atoms with Gasteiger partial charge in [0.15, 0.2) is 12.1 Å². The van der Waals surface area contributed by atoms with Gasteiger partial charge in [-0.3, -0.25) is 47.9 Å². The summed E-state index contributed by atoms with van der Waals surface area (Å²) in [5.41, 5.74) is 16.6. The highest BCUT2D eigenvalue weighted by Crippen LogP contribution is 2.14. The molecule has 478 valence electrons. The second-order valence-electron chi connectivity index (χ2n) is 20.4. The summed E-state index contributed by atoms with van der Waals surface area (Å²) in [6, 6.07) is -15.3. The maximum Gasteiger partial charge on any atom is 0.335 e. The van der Waals surface area contributed by atoms with E-state index < -0.39 is 175 Å². The SMILES string of the molecule is C/C=C1/NC(=O)[C@H]([C@H](C)O)NC(=O)[C@H](CCN)NC(=O)[C@H](CCCCN)NC(=O)[C@H](CC(=O)CC)NC(=O)[C@@H](CCN)NC(=O)[C@@H](NC(=O)C[C@@H](O)CCCCCCCCCCC)COC(=O)[C@H]([C@H](O)CCl)NC(=O)[C@H](C(O)C(=O)O)NC1=O. The molecule has 84 heavy (non-hydrogen) atoms. The fraction of sp³-hybridized carbons (Fsp3) is 0.736. The predicted octanol–water partition coefficient (Wildman–Crippen LogP) is -4.26. The molecule has 1 saturated heterocycles. The molecule has 1 rings (SSSR count). The summed E-state index contributed by atoms with van der Waals surface area (Å²) >= 11 is 5.88. The minimum atomic E-state index is -2.82. The lowest BCUT2D eigenvalue weighted by Crippen LogP contribution is -2.62. The number of carboxylic acids is 1. The lowest BCUT2D eigenvalue weighted by Gasteiger charge is -2.29. The average Bonchev–Trinajstić information content (AvgIpc) is 3.46. The second-order valence-corrected chi connectivity index (χ2v) is 20.7. The molecule has 1 aliphatic heterocycles. The number of aliphatic hydroxyl groups excluding tert-OH is 4. The maximum absolute atomic E-state index is 14.2. The van der Waals surface area contributed by atoms with Crippen LogP contribution >= 0.6 is 11.6 Å². The van der Waals surface area contributed by atoms with Crippen LogP contribution in [0, 0.1) is 0 Å². The van der Waals surface area contributed by atoms with Gasteiger partial charge in [-0.05, 0) is 72.0 Å². The Hall–Kier alpha value is -6.41. The van der Waals surface area contributed by atoms with E-state index in [9.17, 15) is 83.1 Å². The van der Waals surface area contributed by atoms with Crippen molar-refractivity contribution >= 4 is 82.5 Å². The highest BCUT2D eigenvalue weighted by molar-refractivity contribution is 6.18. The average molecular weight is 1220 g/mol. The van der Waals surface area contributed by atoms with Crippen LogP contribution in [0.15, 0.2) is 11.8 Å². The number of nitrogens with two attached hydrogens (primary N) is 3. The molecular weight excluding hydrogens is 1130 g/mol. The van der Waals surface area contributed by atoms with Crippen LogP contribution in [0.2, 0.25) is 0 Å². The van der Waals surface area contributed by atoms with Crippen LogP contribution in [-0.4, -0.2) is 201 Å². The van der Waals surface area contributed by atoms with Crippen molar-refractivity contribution in [3.8, 4) is 0 Å². The molecule has 0 aromatic heterocycles. The molecule has 0 aliphatic carbocycles. The summed E-state index contributed by atoms with van der Waals surface area (Å²) in [4.78, 5) is 164. The van der Waals surface area contributed by atoms with Gasteiger partial charge in [0, 0.05) is 12.8 Å². The minimum Gasteiger partial charge on any atom is -0.479 e. The largest absolute Gasteiger partial charge is 0.479 e. The number of nitrogens with one attached hydrogen (secondary N) is 9. The van der Waals surface area contributed by atoms with Crippen LogP contribution in [0.3, 0.4) is 0 Å². The van der Waals surface area contributed by atoms with Crippen molar-refractivity contribution in [3.05, 3.63) is 11.8 Å². The molecule has 0 aromatic rings. The predicted molar refractivity (Wildman–Crippen MR) is 303 cm³/mol. The summed E-state index contributed by atoms with van der Waals surface area (Å²) in [5, 5.41) is 73.0. The number of hydrogen-bond acceptors (Lipinski definition) is 20. The number of ether oxygens (including phenoxy) is 1. The van der Waals surface area contributed by atoms with Crippen LogP contribution in [0.1, 0.15) is 143 Å². The Balaban J connectivity index is 4.04. The van der Waals surface area contributed by atoms with Gasteiger partial charge in [-0.15, -0.1) is 11.6 Å². The zero-order chi connectivity index (χ0) is 63.5. The Bertz CT molecular complexity index is 2210. The highest BCUT2D eigenvalue weighted by atomic mass is 35.5. The fourth-order valence-electron chi connectivity index (χ4n) is 8.42. The number of allylic oxidation sites excluding steroid dienone is 1. The van der Waals surface area contributed by atoms with E-state index in [1.807, 2.05) is 10.6 Å². The number of carbonyl (C=O) groups is 12. The Morgan fingerprint density at radius 2 is 1.14 bits per heavy atom. The molecular formula is C53H91ClN12O18. The number of rotatable bonds is 29. The van der Waals surface area contributed by atoms with Gasteiger partial charge < -0.3 is 95.3 Å². The van der Waals surface area contributed by atoms with E-state index in [-0.39, 0.29) is 58.2 Å². The Kier molecular flexibility index (Phi) is 37.4. The number of cyclic esters (lactones) is 1. The van der Waals surface area contributed by atoms with Gasteiger partial charge >= 0.3 is 11.9 Å². The summed E-state index contributed by atoms with van der Waals surface area (Å²) in [5.74, 6) is -16.1. The second kappa shape index (κ2) is 41.6. The summed E-state index contributed by atoms with van der Waals surface area (Å²) in [6.07, 6.45) is 0.461. The molecule has 20 N–H and O–H groups in total. The topological polar surface area (TPSA) is 502 Å². The number of unbranched alkanes of at least 4 members (excludes halogenated alkanes) is 9. The molecule has 0 radical (unpaired) electrons. The molecule has 1 heterocycles. The molecule has 0 saturated carbocycles. The lowest BCUT2D eigenvalue weighted by molar-refractivity contribution is -0.155. The van der Waals surface area contributed by atoms with Gasteiger partial charge in [-0.2, -0.15) is 0 Å². The van der Waals surface area contributed by atoms with Gasteiger partial charge in [0.1, 0.15) is 60.4 Å². The molecule has 30 nitrogen and oxygen atoms in total. The summed E-state index contributed by atoms with van der Waals surface area (Å²) in [7, 11) is 0. The molecule has 1 aliphatic rings. The van der Waals surface area contributed by atoms with E-state index in [1.165, 1.54) is 13.8 Å². The van der Waals surface area contributed by atoms with Crippen LogP contribution in [-0.2, 0) is 62.3 Å². The van der Waals surface area contributed by atoms with E-state index in [4.69, 9.17) is 33.5 Å². The molecule has 0 spiro atoms. The molecule has 9 amide bonds. The van der Waals surface area contributed by atoms with E-state index in [0.717, 1.165) is 64.4 Å². The zero-order valence-corrected chi connectivity index (χ0v) is 49.2. The van der Waals surface area contributed by atoms with Crippen LogP contribution in [0.4, 0.5) is 0 Å². The summed E-state index contributed by atoms with van der Waals surface area (Å²) in [6.45, 7) is 4.28. The van der Waals surface area contributed by atoms with Crippen molar-refractivity contribution in [2.24, 2.45) is 17.2 Å². The quantitative estimate of drug-likeness (QED) is 0.0146. The Morgan fingerprint density at radius 3 is 1.65 bits per heavy atom. The molecule has 12 atom stereocenters. The zero-order valence-electron chi connectivity index (χ0n) is 48.4. The molecule has 0 aromatic carbocycles. The van der Waals surface area contributed by atoms with Crippen molar-refractivity contribution in [1.29, 1.82) is 0 Å². The number of carboxylic acid groups (broad SMARTS) is 1. The van der Waals surface area contributed by atoms with Gasteiger partial charge in [0.05, 0.1) is 30.6 Å². The van der Waals surface area contributed by atoms with Gasteiger partial charge in [0.2, 0.25) is 47.3 Å². The number of amides is 9. The van der Waals surface area contributed by atoms with E-state index >= 15 is 0 Å². The number of esters is 1. The Labute approximate surface area is 493 Å². The van der Waals surface area contributed by atoms with Crippen molar-refractivity contribution in [3.63, 3.8) is 0 Å².